The molecular weight excluding hydrogens is 514 g/mol. The Kier molecular flexibility index (Phi) is 21.1. The number of Topliss-reactive ketones (excluding diaryl/α,β-unsaturated/α-hetero) is 3. The van der Waals surface area contributed by atoms with Crippen molar-refractivity contribution in [2.75, 3.05) is 59.9 Å². The summed E-state index contributed by atoms with van der Waals surface area (Å²) >= 11 is 0. The Morgan fingerprint density at radius 2 is 1.05 bits per heavy atom. The molecule has 0 radical (unpaired) electrons. The first kappa shape index (κ1) is 38.3. The van der Waals surface area contributed by atoms with E-state index >= 15 is 0 Å². The van der Waals surface area contributed by atoms with Gasteiger partial charge in [-0.25, -0.2) is 0 Å². The van der Waals surface area contributed by atoms with Crippen molar-refractivity contribution in [3.8, 4) is 0 Å². The van der Waals surface area contributed by atoms with Gasteiger partial charge in [-0.2, -0.15) is 0 Å². The lowest BCUT2D eigenvalue weighted by atomic mass is 9.80. The maximum absolute atomic E-state index is 13.2. The highest BCUT2D eigenvalue weighted by Gasteiger charge is 2.34. The summed E-state index contributed by atoms with van der Waals surface area (Å²) in [4.78, 5) is 51.6. The second kappa shape index (κ2) is 22.0. The molecule has 40 heavy (non-hydrogen) atoms. The van der Waals surface area contributed by atoms with E-state index < -0.39 is 6.04 Å². The van der Waals surface area contributed by atoms with E-state index in [9.17, 15) is 19.2 Å². The smallest absolute Gasteiger partial charge is 0.225 e. The van der Waals surface area contributed by atoms with Crippen molar-refractivity contribution in [3.63, 3.8) is 0 Å². The molecule has 0 aliphatic carbocycles. The van der Waals surface area contributed by atoms with Gasteiger partial charge in [0.15, 0.2) is 5.78 Å². The quantitative estimate of drug-likeness (QED) is 0.149. The molecule has 2 atom stereocenters. The molecule has 234 valence electrons. The summed E-state index contributed by atoms with van der Waals surface area (Å²) in [5.74, 6) is -0.261. The molecule has 1 amide bonds. The lowest BCUT2D eigenvalue weighted by Crippen LogP contribution is -2.47. The number of ketones is 3. The minimum absolute atomic E-state index is 0.0622. The van der Waals surface area contributed by atoms with E-state index in [-0.39, 0.29) is 72.3 Å². The van der Waals surface area contributed by atoms with E-state index in [1.807, 2.05) is 55.4 Å². The number of hydrogen-bond acceptors (Lipinski definition) is 8. The van der Waals surface area contributed by atoms with E-state index in [4.69, 9.17) is 18.9 Å². The van der Waals surface area contributed by atoms with Gasteiger partial charge in [0.25, 0.3) is 0 Å². The third-order valence-corrected chi connectivity index (χ3v) is 6.86. The highest BCUT2D eigenvalue weighted by Crippen LogP contribution is 2.24. The van der Waals surface area contributed by atoms with Gasteiger partial charge in [0.05, 0.1) is 58.7 Å². The van der Waals surface area contributed by atoms with Gasteiger partial charge in [0, 0.05) is 44.2 Å². The highest BCUT2D eigenvalue weighted by molar-refractivity contribution is 5.93. The first-order chi connectivity index (χ1) is 18.8. The third kappa shape index (κ3) is 16.6. The van der Waals surface area contributed by atoms with Crippen LogP contribution in [0.25, 0.3) is 0 Å². The van der Waals surface area contributed by atoms with Crippen LogP contribution < -0.4 is 0 Å². The SMILES string of the molecule is CC(C)C(=O)CCCOCCOCCOCCOCCC(=O)N(C)[C@H](C(=O)C[C@H](C(=O)C(C)C)C(C)C)C(C)C. The zero-order valence-corrected chi connectivity index (χ0v) is 26.7. The van der Waals surface area contributed by atoms with Crippen molar-refractivity contribution < 1.29 is 38.1 Å². The van der Waals surface area contributed by atoms with Crippen LogP contribution in [0.4, 0.5) is 0 Å². The summed E-state index contributed by atoms with van der Waals surface area (Å²) in [6.45, 7) is 18.7. The van der Waals surface area contributed by atoms with Crippen LogP contribution >= 0.6 is 0 Å². The molecule has 0 saturated carbocycles. The standard InChI is InChI=1S/C31H57NO8/c1-22(2)26(31(36)25(7)8)21-28(34)30(24(5)6)32(9)29(35)12-14-38-16-18-40-20-19-39-17-15-37-13-10-11-27(33)23(3)4/h22-26,30H,10-21H2,1-9H3/t26-,30-/m0/s1. The Hall–Kier alpha value is -1.68. The molecule has 0 heterocycles. The number of nitrogens with zero attached hydrogens (tertiary/aromatic N) is 1. The van der Waals surface area contributed by atoms with Gasteiger partial charge in [0.1, 0.15) is 11.6 Å². The van der Waals surface area contributed by atoms with Gasteiger partial charge >= 0.3 is 0 Å². The Balaban J connectivity index is 4.11. The van der Waals surface area contributed by atoms with Gasteiger partial charge in [-0.3, -0.25) is 19.2 Å². The molecule has 0 rings (SSSR count). The van der Waals surface area contributed by atoms with Crippen LogP contribution in [0, 0.1) is 29.6 Å². The summed E-state index contributed by atoms with van der Waals surface area (Å²) < 4.78 is 21.9. The Labute approximate surface area is 243 Å². The number of amides is 1. The lowest BCUT2D eigenvalue weighted by molar-refractivity contribution is -0.142. The van der Waals surface area contributed by atoms with Gasteiger partial charge in [-0.05, 0) is 18.3 Å². The van der Waals surface area contributed by atoms with E-state index in [1.165, 1.54) is 4.90 Å². The molecule has 0 aromatic rings. The number of rotatable bonds is 25. The maximum atomic E-state index is 13.2. The van der Waals surface area contributed by atoms with Gasteiger partial charge in [-0.15, -0.1) is 0 Å². The molecule has 0 aliphatic heterocycles. The Morgan fingerprint density at radius 1 is 0.575 bits per heavy atom. The van der Waals surface area contributed by atoms with Crippen LogP contribution in [0.15, 0.2) is 0 Å². The van der Waals surface area contributed by atoms with Crippen molar-refractivity contribution in [1.29, 1.82) is 0 Å². The summed E-state index contributed by atoms with van der Waals surface area (Å²) in [6.07, 6.45) is 1.61. The van der Waals surface area contributed by atoms with Crippen molar-refractivity contribution >= 4 is 23.3 Å². The minimum atomic E-state index is -0.573. The number of carbonyl (C=O) groups excluding carboxylic acids is 4. The van der Waals surface area contributed by atoms with Crippen molar-refractivity contribution in [3.05, 3.63) is 0 Å². The topological polar surface area (TPSA) is 108 Å². The fourth-order valence-electron chi connectivity index (χ4n) is 4.36. The maximum Gasteiger partial charge on any atom is 0.225 e. The largest absolute Gasteiger partial charge is 0.379 e. The van der Waals surface area contributed by atoms with Gasteiger partial charge in [0.2, 0.25) is 5.91 Å². The molecular formula is C31H57NO8. The first-order valence-electron chi connectivity index (χ1n) is 15.0. The molecule has 0 bridgehead atoms. The monoisotopic (exact) mass is 571 g/mol. The molecule has 9 heteroatoms. The Bertz CT molecular complexity index is 735. The normalized spacial score (nSPS) is 13.3. The number of likely N-dealkylation sites (N-methyl/N-ethyl adjacent to an activating group) is 1. The van der Waals surface area contributed by atoms with Gasteiger partial charge < -0.3 is 23.8 Å². The second-order valence-corrected chi connectivity index (χ2v) is 11.7. The second-order valence-electron chi connectivity index (χ2n) is 11.7. The molecule has 0 fully saturated rings. The molecule has 0 aliphatic rings. The molecule has 0 spiro atoms. The molecule has 0 aromatic heterocycles. The average molecular weight is 572 g/mol. The van der Waals surface area contributed by atoms with E-state index in [0.717, 1.165) is 6.42 Å². The van der Waals surface area contributed by atoms with Gasteiger partial charge in [-0.1, -0.05) is 55.4 Å². The van der Waals surface area contributed by atoms with Crippen LogP contribution in [0.3, 0.4) is 0 Å². The zero-order chi connectivity index (χ0) is 30.7. The highest BCUT2D eigenvalue weighted by atomic mass is 16.6. The third-order valence-electron chi connectivity index (χ3n) is 6.86. The van der Waals surface area contributed by atoms with Crippen molar-refractivity contribution in [2.24, 2.45) is 29.6 Å². The summed E-state index contributed by atoms with van der Waals surface area (Å²) in [5, 5.41) is 0. The van der Waals surface area contributed by atoms with Crippen LogP contribution in [0.2, 0.25) is 0 Å². The fourth-order valence-corrected chi connectivity index (χ4v) is 4.36. The van der Waals surface area contributed by atoms with E-state index in [2.05, 4.69) is 0 Å². The number of carbonyl (C=O) groups is 4. The Morgan fingerprint density at radius 3 is 1.48 bits per heavy atom. The minimum Gasteiger partial charge on any atom is -0.379 e. The first-order valence-corrected chi connectivity index (χ1v) is 15.0. The van der Waals surface area contributed by atoms with Crippen LogP contribution in [0.5, 0.6) is 0 Å². The molecule has 0 saturated heterocycles. The van der Waals surface area contributed by atoms with Crippen LogP contribution in [-0.2, 0) is 38.1 Å². The summed E-state index contributed by atoms with van der Waals surface area (Å²) in [5.41, 5.74) is 0. The number of ether oxygens (including phenoxy) is 4. The summed E-state index contributed by atoms with van der Waals surface area (Å²) in [7, 11) is 1.65. The summed E-state index contributed by atoms with van der Waals surface area (Å²) in [6, 6.07) is -0.573. The average Bonchev–Trinajstić information content (AvgIpc) is 2.88. The predicted octanol–water partition coefficient (Wildman–Crippen LogP) is 4.39. The molecule has 9 nitrogen and oxygen atoms in total. The predicted molar refractivity (Wildman–Crippen MR) is 156 cm³/mol. The fraction of sp³-hybridized carbons (Fsp3) is 0.871. The van der Waals surface area contributed by atoms with E-state index in [1.54, 1.807) is 7.05 Å². The molecule has 0 unspecified atom stereocenters. The molecule has 0 N–H and O–H groups in total. The lowest BCUT2D eigenvalue weighted by Gasteiger charge is -2.32. The van der Waals surface area contributed by atoms with Crippen LogP contribution in [-0.4, -0.2) is 94.1 Å². The van der Waals surface area contributed by atoms with E-state index in [0.29, 0.717) is 52.7 Å². The van der Waals surface area contributed by atoms with Crippen molar-refractivity contribution in [1.82, 2.24) is 4.90 Å². The molecule has 0 aromatic carbocycles. The zero-order valence-electron chi connectivity index (χ0n) is 26.7. The van der Waals surface area contributed by atoms with Crippen molar-refractivity contribution in [2.45, 2.75) is 87.1 Å². The van der Waals surface area contributed by atoms with Crippen LogP contribution in [0.1, 0.15) is 81.1 Å². The number of hydrogen-bond donors (Lipinski definition) is 0.